The summed E-state index contributed by atoms with van der Waals surface area (Å²) in [6, 6.07) is 10.5. The smallest absolute Gasteiger partial charge is 0.252 e. The number of amides is 2. The first-order valence-electron chi connectivity index (χ1n) is 8.02. The highest BCUT2D eigenvalue weighted by atomic mass is 16.2. The number of nitrogens with zero attached hydrogens (tertiary/aromatic N) is 1. The maximum atomic E-state index is 12.5. The highest BCUT2D eigenvalue weighted by Gasteiger charge is 2.24. The molecule has 1 heterocycles. The second kappa shape index (κ2) is 8.24. The Morgan fingerprint density at radius 2 is 1.88 bits per heavy atom. The molecule has 0 aliphatic carbocycles. The Hall–Kier alpha value is -2.69. The minimum atomic E-state index is -0.589. The summed E-state index contributed by atoms with van der Waals surface area (Å²) in [5, 5.41) is 5.70. The number of carbonyl (C=O) groups is 2. The number of nitrogens with one attached hydrogen (secondary N) is 2. The van der Waals surface area contributed by atoms with Gasteiger partial charge in [-0.05, 0) is 36.1 Å². The number of carbonyl (C=O) groups excluding carboxylic acids is 2. The van der Waals surface area contributed by atoms with Crippen molar-refractivity contribution in [2.45, 2.75) is 33.4 Å². The minimum Gasteiger partial charge on any atom is -0.350 e. The van der Waals surface area contributed by atoms with E-state index >= 15 is 0 Å². The van der Waals surface area contributed by atoms with Gasteiger partial charge in [0.2, 0.25) is 5.91 Å². The zero-order valence-electron chi connectivity index (χ0n) is 14.2. The van der Waals surface area contributed by atoms with Crippen LogP contribution >= 0.6 is 0 Å². The van der Waals surface area contributed by atoms with Crippen LogP contribution in [0.25, 0.3) is 0 Å². The number of hydrogen-bond acceptors (Lipinski definition) is 3. The lowest BCUT2D eigenvalue weighted by atomic mass is 10.0. The highest BCUT2D eigenvalue weighted by Crippen LogP contribution is 2.09. The van der Waals surface area contributed by atoms with Gasteiger partial charge in [-0.1, -0.05) is 38.1 Å². The van der Waals surface area contributed by atoms with Crippen molar-refractivity contribution in [3.8, 4) is 0 Å². The van der Waals surface area contributed by atoms with Crippen molar-refractivity contribution in [1.29, 1.82) is 0 Å². The number of aromatic nitrogens is 1. The van der Waals surface area contributed by atoms with E-state index in [2.05, 4.69) is 15.6 Å². The monoisotopic (exact) mass is 325 g/mol. The van der Waals surface area contributed by atoms with Crippen molar-refractivity contribution in [2.24, 2.45) is 5.92 Å². The molecule has 0 radical (unpaired) electrons. The maximum Gasteiger partial charge on any atom is 0.252 e. The first kappa shape index (κ1) is 17.7. The Morgan fingerprint density at radius 1 is 1.12 bits per heavy atom. The molecule has 0 saturated carbocycles. The Bertz CT molecular complexity index is 699. The van der Waals surface area contributed by atoms with Crippen LogP contribution in [0, 0.1) is 12.8 Å². The van der Waals surface area contributed by atoms with E-state index in [0.717, 1.165) is 11.1 Å². The van der Waals surface area contributed by atoms with Crippen molar-refractivity contribution >= 4 is 11.8 Å². The fourth-order valence-electron chi connectivity index (χ4n) is 2.38. The highest BCUT2D eigenvalue weighted by molar-refractivity contribution is 5.98. The molecular formula is C19H23N3O2. The third-order valence-electron chi connectivity index (χ3n) is 3.81. The van der Waals surface area contributed by atoms with Crippen LogP contribution in [0.4, 0.5) is 0 Å². The molecule has 5 nitrogen and oxygen atoms in total. The van der Waals surface area contributed by atoms with E-state index in [1.165, 1.54) is 0 Å². The second-order valence-electron chi connectivity index (χ2n) is 6.09. The Morgan fingerprint density at radius 3 is 2.50 bits per heavy atom. The normalized spacial score (nSPS) is 11.8. The summed E-state index contributed by atoms with van der Waals surface area (Å²) in [6.07, 6.45) is 3.39. The Labute approximate surface area is 142 Å². The largest absolute Gasteiger partial charge is 0.350 e. The third-order valence-corrected chi connectivity index (χ3v) is 3.81. The third kappa shape index (κ3) is 4.65. The summed E-state index contributed by atoms with van der Waals surface area (Å²) in [4.78, 5) is 28.9. The van der Waals surface area contributed by atoms with Crippen LogP contribution in [-0.4, -0.2) is 22.8 Å². The fourth-order valence-corrected chi connectivity index (χ4v) is 2.38. The van der Waals surface area contributed by atoms with Gasteiger partial charge in [-0.25, -0.2) is 0 Å². The zero-order chi connectivity index (χ0) is 17.5. The van der Waals surface area contributed by atoms with Crippen LogP contribution < -0.4 is 10.6 Å². The van der Waals surface area contributed by atoms with Gasteiger partial charge >= 0.3 is 0 Å². The molecule has 24 heavy (non-hydrogen) atoms. The summed E-state index contributed by atoms with van der Waals surface area (Å²) in [6.45, 7) is 6.08. The standard InChI is InChI=1S/C19H23N3O2/c1-13(2)17(19(24)21-12-15-8-6-10-20-11-15)22-18(23)16-9-5-4-7-14(16)3/h4-11,13,17H,12H2,1-3H3,(H,21,24)(H,22,23)/t17-/m0/s1. The summed E-state index contributed by atoms with van der Waals surface area (Å²) >= 11 is 0. The predicted octanol–water partition coefficient (Wildman–Crippen LogP) is 2.46. The molecule has 2 N–H and O–H groups in total. The molecule has 5 heteroatoms. The molecule has 2 rings (SSSR count). The minimum absolute atomic E-state index is 0.0214. The van der Waals surface area contributed by atoms with Crippen LogP contribution in [0.1, 0.15) is 35.3 Å². The van der Waals surface area contributed by atoms with E-state index in [9.17, 15) is 9.59 Å². The first-order valence-corrected chi connectivity index (χ1v) is 8.02. The maximum absolute atomic E-state index is 12.5. The van der Waals surface area contributed by atoms with Gasteiger partial charge in [0.05, 0.1) is 0 Å². The molecule has 0 unspecified atom stereocenters. The number of benzene rings is 1. The van der Waals surface area contributed by atoms with Crippen molar-refractivity contribution < 1.29 is 9.59 Å². The van der Waals surface area contributed by atoms with E-state index in [1.54, 1.807) is 18.5 Å². The lowest BCUT2D eigenvalue weighted by Crippen LogP contribution is -2.49. The van der Waals surface area contributed by atoms with E-state index in [4.69, 9.17) is 0 Å². The van der Waals surface area contributed by atoms with Gasteiger partial charge in [-0.15, -0.1) is 0 Å². The lowest BCUT2D eigenvalue weighted by Gasteiger charge is -2.22. The molecule has 0 bridgehead atoms. The molecule has 2 amide bonds. The molecule has 1 aromatic carbocycles. The van der Waals surface area contributed by atoms with Crippen LogP contribution in [0.3, 0.4) is 0 Å². The average Bonchev–Trinajstić information content (AvgIpc) is 2.58. The Kier molecular flexibility index (Phi) is 6.07. The summed E-state index contributed by atoms with van der Waals surface area (Å²) in [5.74, 6) is -0.453. The molecule has 1 aromatic heterocycles. The van der Waals surface area contributed by atoms with Gasteiger partial charge in [0.15, 0.2) is 0 Å². The molecule has 0 aliphatic rings. The number of rotatable bonds is 6. The summed E-state index contributed by atoms with van der Waals surface area (Å²) < 4.78 is 0. The number of pyridine rings is 1. The van der Waals surface area contributed by atoms with Crippen molar-refractivity contribution in [3.63, 3.8) is 0 Å². The van der Waals surface area contributed by atoms with Gasteiger partial charge in [0.25, 0.3) is 5.91 Å². The molecule has 0 spiro atoms. The van der Waals surface area contributed by atoms with E-state index < -0.39 is 6.04 Å². The van der Waals surface area contributed by atoms with Crippen LogP contribution in [-0.2, 0) is 11.3 Å². The lowest BCUT2D eigenvalue weighted by molar-refractivity contribution is -0.124. The number of aryl methyl sites for hydroxylation is 1. The molecule has 2 aromatic rings. The predicted molar refractivity (Wildman–Crippen MR) is 93.4 cm³/mol. The van der Waals surface area contributed by atoms with Crippen molar-refractivity contribution in [1.82, 2.24) is 15.6 Å². The fraction of sp³-hybridized carbons (Fsp3) is 0.316. The SMILES string of the molecule is Cc1ccccc1C(=O)N[C@H](C(=O)NCc1cccnc1)C(C)C. The van der Waals surface area contributed by atoms with Crippen molar-refractivity contribution in [2.75, 3.05) is 0 Å². The van der Waals surface area contributed by atoms with Gasteiger partial charge in [0, 0.05) is 24.5 Å². The molecule has 0 saturated heterocycles. The Balaban J connectivity index is 2.02. The van der Waals surface area contributed by atoms with Gasteiger partial charge < -0.3 is 10.6 Å². The zero-order valence-corrected chi connectivity index (χ0v) is 14.2. The first-order chi connectivity index (χ1) is 11.5. The molecular weight excluding hydrogens is 302 g/mol. The molecule has 126 valence electrons. The molecule has 0 fully saturated rings. The van der Waals surface area contributed by atoms with Crippen LogP contribution in [0.2, 0.25) is 0 Å². The number of hydrogen-bond donors (Lipinski definition) is 2. The summed E-state index contributed by atoms with van der Waals surface area (Å²) in [5.41, 5.74) is 2.38. The average molecular weight is 325 g/mol. The van der Waals surface area contributed by atoms with Gasteiger partial charge in [-0.2, -0.15) is 0 Å². The van der Waals surface area contributed by atoms with Crippen molar-refractivity contribution in [3.05, 3.63) is 65.5 Å². The van der Waals surface area contributed by atoms with Gasteiger partial charge in [-0.3, -0.25) is 14.6 Å². The van der Waals surface area contributed by atoms with E-state index in [-0.39, 0.29) is 17.7 Å². The van der Waals surface area contributed by atoms with Crippen LogP contribution in [0.15, 0.2) is 48.8 Å². The quantitative estimate of drug-likeness (QED) is 0.857. The topological polar surface area (TPSA) is 71.1 Å². The van der Waals surface area contributed by atoms with Gasteiger partial charge in [0.1, 0.15) is 6.04 Å². The van der Waals surface area contributed by atoms with E-state index in [1.807, 2.05) is 51.1 Å². The molecule has 1 atom stereocenters. The van der Waals surface area contributed by atoms with Crippen LogP contribution in [0.5, 0.6) is 0 Å². The summed E-state index contributed by atoms with van der Waals surface area (Å²) in [7, 11) is 0. The molecule has 0 aliphatic heterocycles. The second-order valence-corrected chi connectivity index (χ2v) is 6.09. The van der Waals surface area contributed by atoms with E-state index in [0.29, 0.717) is 12.1 Å².